The molecule has 2 aromatic heterocycles. The van der Waals surface area contributed by atoms with E-state index in [2.05, 4.69) is 38.7 Å². The number of para-hydroxylation sites is 1. The summed E-state index contributed by atoms with van der Waals surface area (Å²) in [7, 11) is 0. The molecular weight excluding hydrogens is 442 g/mol. The van der Waals surface area contributed by atoms with E-state index in [-0.39, 0.29) is 5.91 Å². The number of amides is 2. The van der Waals surface area contributed by atoms with Crippen molar-refractivity contribution in [2.75, 3.05) is 31.1 Å². The van der Waals surface area contributed by atoms with Gasteiger partial charge in [-0.25, -0.2) is 15.0 Å². The monoisotopic (exact) mass is 469 g/mol. The van der Waals surface area contributed by atoms with Crippen LogP contribution < -0.4 is 10.6 Å². The highest BCUT2D eigenvalue weighted by atomic mass is 16.2. The van der Waals surface area contributed by atoms with Gasteiger partial charge in [0.25, 0.3) is 11.8 Å². The number of aromatic nitrogens is 4. The summed E-state index contributed by atoms with van der Waals surface area (Å²) in [4.78, 5) is 45.5. The maximum absolute atomic E-state index is 13.1. The Kier molecular flexibility index (Phi) is 5.90. The van der Waals surface area contributed by atoms with E-state index in [1.165, 1.54) is 0 Å². The van der Waals surface area contributed by atoms with Crippen molar-refractivity contribution in [1.82, 2.24) is 24.8 Å². The Labute approximate surface area is 203 Å². The number of piperazine rings is 1. The van der Waals surface area contributed by atoms with Gasteiger partial charge >= 0.3 is 0 Å². The number of hydrogen-bond acceptors (Lipinski definition) is 6. The first-order valence-electron chi connectivity index (χ1n) is 11.7. The highest BCUT2D eigenvalue weighted by molar-refractivity contribution is 6.04. The minimum absolute atomic E-state index is 0.00658. The molecule has 5 rings (SSSR count). The number of nitrogens with one attached hydrogen (secondary N) is 1. The molecule has 0 atom stereocenters. The lowest BCUT2D eigenvalue weighted by atomic mass is 10.1. The number of primary amides is 1. The van der Waals surface area contributed by atoms with E-state index >= 15 is 0 Å². The summed E-state index contributed by atoms with van der Waals surface area (Å²) in [6.07, 6.45) is 3.76. The van der Waals surface area contributed by atoms with Crippen LogP contribution in [0.15, 0.2) is 54.9 Å². The van der Waals surface area contributed by atoms with E-state index in [1.54, 1.807) is 24.3 Å². The second-order valence-corrected chi connectivity index (χ2v) is 8.98. The number of fused-ring (bicyclic) bond motifs is 1. The number of rotatable bonds is 5. The molecule has 9 heteroatoms. The molecule has 0 radical (unpaired) electrons. The van der Waals surface area contributed by atoms with E-state index in [9.17, 15) is 9.59 Å². The van der Waals surface area contributed by atoms with Crippen molar-refractivity contribution in [3.63, 3.8) is 0 Å². The number of nitrogens with zero attached hydrogens (tertiary/aromatic N) is 5. The Hall–Kier alpha value is -4.27. The van der Waals surface area contributed by atoms with Crippen molar-refractivity contribution in [3.8, 4) is 11.4 Å². The highest BCUT2D eigenvalue weighted by Crippen LogP contribution is 2.24. The molecule has 35 heavy (non-hydrogen) atoms. The minimum Gasteiger partial charge on any atom is -0.366 e. The average Bonchev–Trinajstić information content (AvgIpc) is 3.33. The van der Waals surface area contributed by atoms with Crippen molar-refractivity contribution < 1.29 is 9.59 Å². The first-order chi connectivity index (χ1) is 16.9. The lowest BCUT2D eigenvalue weighted by molar-refractivity contribution is 0.0746. The van der Waals surface area contributed by atoms with Crippen molar-refractivity contribution in [2.24, 2.45) is 5.73 Å². The molecule has 4 aromatic rings. The predicted octanol–water partition coefficient (Wildman–Crippen LogP) is 3.20. The molecule has 178 valence electrons. The Morgan fingerprint density at radius 1 is 0.971 bits per heavy atom. The number of hydrogen-bond donors (Lipinski definition) is 2. The number of anilines is 1. The number of carbonyl (C=O) groups is 2. The summed E-state index contributed by atoms with van der Waals surface area (Å²) >= 11 is 0. The SMILES string of the molecule is CC(C)c1cnc(N2CCN(C(=O)c3ccc(-c4nc5c(C(N)=O)cccc5[nH]4)cc3)CC2)nc1. The van der Waals surface area contributed by atoms with Crippen LogP contribution in [0.2, 0.25) is 0 Å². The molecule has 1 fully saturated rings. The summed E-state index contributed by atoms with van der Waals surface area (Å²) < 4.78 is 0. The van der Waals surface area contributed by atoms with Gasteiger partial charge in [0, 0.05) is 49.7 Å². The standard InChI is InChI=1S/C26H27N7O2/c1-16(2)19-14-28-26(29-15-19)33-12-10-32(11-13-33)25(35)18-8-6-17(7-9-18)24-30-21-5-3-4-20(23(27)34)22(21)31-24/h3-9,14-16H,10-13H2,1-2H3,(H2,27,34)(H,30,31). The fraction of sp³-hybridized carbons (Fsp3) is 0.269. The molecule has 0 bridgehead atoms. The van der Waals surface area contributed by atoms with Crippen LogP contribution >= 0.6 is 0 Å². The first kappa shape index (κ1) is 22.5. The second-order valence-electron chi connectivity index (χ2n) is 8.98. The summed E-state index contributed by atoms with van der Waals surface area (Å²) in [6.45, 7) is 6.82. The maximum atomic E-state index is 13.1. The Morgan fingerprint density at radius 3 is 2.29 bits per heavy atom. The van der Waals surface area contributed by atoms with Crippen LogP contribution in [-0.4, -0.2) is 62.8 Å². The van der Waals surface area contributed by atoms with E-state index in [0.717, 1.165) is 16.6 Å². The Balaban J connectivity index is 1.25. The van der Waals surface area contributed by atoms with Crippen LogP contribution in [0.5, 0.6) is 0 Å². The number of nitrogens with two attached hydrogens (primary N) is 1. The third kappa shape index (κ3) is 4.44. The normalized spacial score (nSPS) is 14.0. The number of benzene rings is 2. The Morgan fingerprint density at radius 2 is 1.66 bits per heavy atom. The largest absolute Gasteiger partial charge is 0.366 e. The fourth-order valence-corrected chi connectivity index (χ4v) is 4.22. The average molecular weight is 470 g/mol. The highest BCUT2D eigenvalue weighted by Gasteiger charge is 2.24. The lowest BCUT2D eigenvalue weighted by Crippen LogP contribution is -2.49. The van der Waals surface area contributed by atoms with Gasteiger partial charge in [-0.05, 0) is 35.7 Å². The summed E-state index contributed by atoms with van der Waals surface area (Å²) in [5.41, 5.74) is 9.66. The van der Waals surface area contributed by atoms with Crippen molar-refractivity contribution in [2.45, 2.75) is 19.8 Å². The summed E-state index contributed by atoms with van der Waals surface area (Å²) in [5, 5.41) is 0. The van der Waals surface area contributed by atoms with E-state index in [0.29, 0.717) is 60.5 Å². The van der Waals surface area contributed by atoms with Gasteiger partial charge in [-0.3, -0.25) is 9.59 Å². The van der Waals surface area contributed by atoms with E-state index < -0.39 is 5.91 Å². The van der Waals surface area contributed by atoms with Gasteiger partial charge in [0.2, 0.25) is 5.95 Å². The molecule has 2 amide bonds. The maximum Gasteiger partial charge on any atom is 0.253 e. The smallest absolute Gasteiger partial charge is 0.253 e. The fourth-order valence-electron chi connectivity index (χ4n) is 4.22. The van der Waals surface area contributed by atoms with Gasteiger partial charge in [-0.2, -0.15) is 0 Å². The zero-order valence-electron chi connectivity index (χ0n) is 19.7. The summed E-state index contributed by atoms with van der Waals surface area (Å²) in [5.74, 6) is 1.19. The minimum atomic E-state index is -0.520. The predicted molar refractivity (Wildman–Crippen MR) is 134 cm³/mol. The van der Waals surface area contributed by atoms with Gasteiger partial charge in [-0.1, -0.05) is 32.0 Å². The molecule has 3 N–H and O–H groups in total. The number of carbonyl (C=O) groups excluding carboxylic acids is 2. The van der Waals surface area contributed by atoms with Crippen LogP contribution in [0, 0.1) is 0 Å². The topological polar surface area (TPSA) is 121 Å². The van der Waals surface area contributed by atoms with Crippen LogP contribution in [-0.2, 0) is 0 Å². The second kappa shape index (κ2) is 9.17. The molecule has 1 saturated heterocycles. The number of aromatic amines is 1. The molecule has 2 aromatic carbocycles. The van der Waals surface area contributed by atoms with Gasteiger partial charge in [0.1, 0.15) is 11.3 Å². The van der Waals surface area contributed by atoms with Crippen molar-refractivity contribution >= 4 is 28.8 Å². The number of imidazole rings is 1. The van der Waals surface area contributed by atoms with Gasteiger partial charge < -0.3 is 20.5 Å². The van der Waals surface area contributed by atoms with Gasteiger partial charge in [0.15, 0.2) is 0 Å². The Bertz CT molecular complexity index is 1370. The number of H-pyrrole nitrogens is 1. The van der Waals surface area contributed by atoms with Gasteiger partial charge in [-0.15, -0.1) is 0 Å². The molecule has 1 aliphatic rings. The van der Waals surface area contributed by atoms with Crippen molar-refractivity contribution in [3.05, 3.63) is 71.5 Å². The molecule has 9 nitrogen and oxygen atoms in total. The zero-order valence-corrected chi connectivity index (χ0v) is 19.7. The molecule has 0 spiro atoms. The van der Waals surface area contributed by atoms with Crippen LogP contribution in [0.3, 0.4) is 0 Å². The third-order valence-electron chi connectivity index (χ3n) is 6.36. The quantitative estimate of drug-likeness (QED) is 0.463. The zero-order chi connectivity index (χ0) is 24.5. The molecular formula is C26H27N7O2. The molecule has 0 unspecified atom stereocenters. The van der Waals surface area contributed by atoms with Gasteiger partial charge in [0.05, 0.1) is 11.1 Å². The van der Waals surface area contributed by atoms with Crippen LogP contribution in [0.1, 0.15) is 46.0 Å². The van der Waals surface area contributed by atoms with E-state index in [1.807, 2.05) is 35.5 Å². The van der Waals surface area contributed by atoms with Crippen LogP contribution in [0.25, 0.3) is 22.4 Å². The first-order valence-corrected chi connectivity index (χ1v) is 11.7. The lowest BCUT2D eigenvalue weighted by Gasteiger charge is -2.34. The molecule has 0 saturated carbocycles. The van der Waals surface area contributed by atoms with Crippen LogP contribution in [0.4, 0.5) is 5.95 Å². The molecule has 1 aliphatic heterocycles. The molecule has 3 heterocycles. The van der Waals surface area contributed by atoms with E-state index in [4.69, 9.17) is 5.73 Å². The van der Waals surface area contributed by atoms with Crippen molar-refractivity contribution in [1.29, 1.82) is 0 Å². The summed E-state index contributed by atoms with van der Waals surface area (Å²) in [6, 6.07) is 12.6. The molecule has 0 aliphatic carbocycles. The third-order valence-corrected chi connectivity index (χ3v) is 6.36.